The fourth-order valence-corrected chi connectivity index (χ4v) is 3.65. The van der Waals surface area contributed by atoms with Crippen LogP contribution in [-0.4, -0.2) is 27.2 Å². The minimum absolute atomic E-state index is 0.0537. The zero-order valence-electron chi connectivity index (χ0n) is 11.7. The van der Waals surface area contributed by atoms with Crippen molar-refractivity contribution in [3.63, 3.8) is 0 Å². The van der Waals surface area contributed by atoms with Gasteiger partial charge in [-0.05, 0) is 24.1 Å². The first kappa shape index (κ1) is 17.0. The van der Waals surface area contributed by atoms with Gasteiger partial charge in [-0.1, -0.05) is 49.9 Å². The minimum atomic E-state index is -0.888. The number of Topliss-reactive ketones (excluding diaryl/α,β-unsaturated/α-hetero) is 1. The standard InChI is InChI=1S/C14H16Cl2N2OS2/c1-8(2)3-12(19)14(20)7-18(21)13(14)17-11-5-9(15)4-10(16)6-11/h4-6,8,20-21H,3,7H2,1-2H3. The van der Waals surface area contributed by atoms with Gasteiger partial charge in [-0.3, -0.25) is 4.79 Å². The van der Waals surface area contributed by atoms with E-state index < -0.39 is 4.75 Å². The number of halogens is 2. The molecule has 114 valence electrons. The summed E-state index contributed by atoms with van der Waals surface area (Å²) in [7, 11) is 0. The van der Waals surface area contributed by atoms with Gasteiger partial charge < -0.3 is 4.31 Å². The van der Waals surface area contributed by atoms with Gasteiger partial charge in [0.25, 0.3) is 0 Å². The highest BCUT2D eigenvalue weighted by molar-refractivity contribution is 7.85. The van der Waals surface area contributed by atoms with E-state index in [4.69, 9.17) is 23.2 Å². The molecule has 1 unspecified atom stereocenters. The average Bonchev–Trinajstić information content (AvgIpc) is 2.34. The van der Waals surface area contributed by atoms with Gasteiger partial charge in [-0.2, -0.15) is 12.6 Å². The number of rotatable bonds is 4. The molecule has 0 bridgehead atoms. The third-order valence-electron chi connectivity index (χ3n) is 3.13. The average molecular weight is 363 g/mol. The summed E-state index contributed by atoms with van der Waals surface area (Å²) in [5.74, 6) is 0.841. The first-order valence-corrected chi connectivity index (χ1v) is 8.10. The Kier molecular flexibility index (Phi) is 5.19. The second-order valence-corrected chi connectivity index (χ2v) is 7.62. The largest absolute Gasteiger partial charge is 0.303 e. The summed E-state index contributed by atoms with van der Waals surface area (Å²) in [6.07, 6.45) is 0.459. The van der Waals surface area contributed by atoms with E-state index in [0.717, 1.165) is 0 Å². The van der Waals surface area contributed by atoms with Crippen LogP contribution in [0.25, 0.3) is 0 Å². The van der Waals surface area contributed by atoms with Gasteiger partial charge in [0.05, 0.1) is 12.2 Å². The van der Waals surface area contributed by atoms with Crippen molar-refractivity contribution in [3.8, 4) is 0 Å². The molecule has 7 heteroatoms. The van der Waals surface area contributed by atoms with Gasteiger partial charge in [0, 0.05) is 16.5 Å². The third kappa shape index (κ3) is 3.70. The lowest BCUT2D eigenvalue weighted by Gasteiger charge is -2.45. The molecule has 0 amide bonds. The highest BCUT2D eigenvalue weighted by atomic mass is 35.5. The SMILES string of the molecule is CC(C)CC(=O)C1(S)CN(S)C1=Nc1cc(Cl)cc(Cl)c1. The Hall–Kier alpha value is -0.360. The molecule has 0 radical (unpaired) electrons. The Bertz CT molecular complexity index is 586. The lowest BCUT2D eigenvalue weighted by molar-refractivity contribution is -0.121. The molecular weight excluding hydrogens is 347 g/mol. The van der Waals surface area contributed by atoms with Gasteiger partial charge in [-0.15, -0.1) is 0 Å². The van der Waals surface area contributed by atoms with Crippen LogP contribution in [0.3, 0.4) is 0 Å². The molecule has 1 aromatic rings. The van der Waals surface area contributed by atoms with E-state index in [9.17, 15) is 4.79 Å². The number of carbonyl (C=O) groups excluding carboxylic acids is 1. The Labute approximate surface area is 145 Å². The molecule has 0 N–H and O–H groups in total. The lowest BCUT2D eigenvalue weighted by atomic mass is 9.89. The summed E-state index contributed by atoms with van der Waals surface area (Å²) in [6.45, 7) is 4.43. The molecule has 1 aliphatic rings. The van der Waals surface area contributed by atoms with E-state index >= 15 is 0 Å². The van der Waals surface area contributed by atoms with E-state index in [1.165, 1.54) is 0 Å². The maximum atomic E-state index is 12.4. The Morgan fingerprint density at radius 2 is 1.95 bits per heavy atom. The fourth-order valence-electron chi connectivity index (χ4n) is 2.11. The number of thiol groups is 2. The van der Waals surface area contributed by atoms with Crippen molar-refractivity contribution < 1.29 is 4.79 Å². The van der Waals surface area contributed by atoms with Crippen molar-refractivity contribution in [3.05, 3.63) is 28.2 Å². The van der Waals surface area contributed by atoms with Crippen molar-refractivity contribution in [1.82, 2.24) is 4.31 Å². The molecule has 0 spiro atoms. The molecule has 1 atom stereocenters. The highest BCUT2D eigenvalue weighted by Gasteiger charge is 2.51. The molecule has 1 aromatic carbocycles. The Balaban J connectivity index is 2.32. The van der Waals surface area contributed by atoms with E-state index in [0.29, 0.717) is 34.5 Å². The van der Waals surface area contributed by atoms with E-state index in [1.807, 2.05) is 13.8 Å². The molecule has 21 heavy (non-hydrogen) atoms. The maximum Gasteiger partial charge on any atom is 0.158 e. The number of nitrogens with zero attached hydrogens (tertiary/aromatic N) is 2. The topological polar surface area (TPSA) is 32.7 Å². The van der Waals surface area contributed by atoms with Crippen molar-refractivity contribution in [2.45, 2.75) is 25.0 Å². The van der Waals surface area contributed by atoms with E-state index in [-0.39, 0.29) is 11.7 Å². The molecule has 0 aromatic heterocycles. The monoisotopic (exact) mass is 362 g/mol. The number of ketones is 1. The smallest absolute Gasteiger partial charge is 0.158 e. The second-order valence-electron chi connectivity index (χ2n) is 5.50. The summed E-state index contributed by atoms with van der Waals surface area (Å²) >= 11 is 20.8. The van der Waals surface area contributed by atoms with E-state index in [1.54, 1.807) is 22.5 Å². The Morgan fingerprint density at radius 1 is 1.38 bits per heavy atom. The predicted molar refractivity (Wildman–Crippen MR) is 95.4 cm³/mol. The summed E-state index contributed by atoms with van der Waals surface area (Å²) in [5.41, 5.74) is 0.581. The molecule has 0 aliphatic carbocycles. The zero-order chi connectivity index (χ0) is 15.8. The van der Waals surface area contributed by atoms with Crippen LogP contribution in [0, 0.1) is 5.92 Å². The molecule has 3 nitrogen and oxygen atoms in total. The highest BCUT2D eigenvalue weighted by Crippen LogP contribution is 2.37. The van der Waals surface area contributed by atoms with Crippen LogP contribution in [-0.2, 0) is 4.79 Å². The number of aliphatic imine (C=N–C) groups is 1. The van der Waals surface area contributed by atoms with Crippen LogP contribution < -0.4 is 0 Å². The number of hydrogen-bond donors (Lipinski definition) is 2. The number of benzene rings is 1. The van der Waals surface area contributed by atoms with Crippen molar-refractivity contribution in [1.29, 1.82) is 0 Å². The van der Waals surface area contributed by atoms with Crippen molar-refractivity contribution in [2.24, 2.45) is 10.9 Å². The molecule has 2 rings (SSSR count). The summed E-state index contributed by atoms with van der Waals surface area (Å²) < 4.78 is 0.723. The van der Waals surface area contributed by atoms with Crippen LogP contribution in [0.15, 0.2) is 23.2 Å². The fraction of sp³-hybridized carbons (Fsp3) is 0.429. The summed E-state index contributed by atoms with van der Waals surface area (Å²) in [6, 6.07) is 4.99. The van der Waals surface area contributed by atoms with Gasteiger partial charge >= 0.3 is 0 Å². The second kappa shape index (κ2) is 6.41. The normalized spacial score (nSPS) is 23.6. The van der Waals surface area contributed by atoms with Crippen LogP contribution in [0.2, 0.25) is 10.0 Å². The Morgan fingerprint density at radius 3 is 2.43 bits per heavy atom. The quantitative estimate of drug-likeness (QED) is 0.774. The zero-order valence-corrected chi connectivity index (χ0v) is 15.0. The number of carbonyl (C=O) groups is 1. The lowest BCUT2D eigenvalue weighted by Crippen LogP contribution is -2.64. The molecule has 1 aliphatic heterocycles. The molecule has 1 heterocycles. The van der Waals surface area contributed by atoms with Crippen molar-refractivity contribution in [2.75, 3.05) is 6.54 Å². The van der Waals surface area contributed by atoms with Crippen LogP contribution >= 0.6 is 48.6 Å². The molecule has 0 saturated carbocycles. The molecular formula is C14H16Cl2N2OS2. The van der Waals surface area contributed by atoms with Gasteiger partial charge in [0.1, 0.15) is 10.6 Å². The van der Waals surface area contributed by atoms with Gasteiger partial charge in [0.2, 0.25) is 0 Å². The van der Waals surface area contributed by atoms with Gasteiger partial charge in [-0.25, -0.2) is 4.99 Å². The van der Waals surface area contributed by atoms with Gasteiger partial charge in [0.15, 0.2) is 5.78 Å². The number of amidine groups is 1. The van der Waals surface area contributed by atoms with Crippen LogP contribution in [0.5, 0.6) is 0 Å². The van der Waals surface area contributed by atoms with E-state index in [2.05, 4.69) is 30.4 Å². The maximum absolute atomic E-state index is 12.4. The molecule has 1 fully saturated rings. The van der Waals surface area contributed by atoms with Crippen LogP contribution in [0.1, 0.15) is 20.3 Å². The number of hydrogen-bond acceptors (Lipinski definition) is 4. The third-order valence-corrected chi connectivity index (χ3v) is 4.49. The van der Waals surface area contributed by atoms with Crippen LogP contribution in [0.4, 0.5) is 5.69 Å². The summed E-state index contributed by atoms with van der Waals surface area (Å²) in [5, 5.41) is 0.982. The first-order valence-electron chi connectivity index (χ1n) is 6.49. The van der Waals surface area contributed by atoms with Crippen molar-refractivity contribution >= 4 is 66.0 Å². The molecule has 1 saturated heterocycles. The summed E-state index contributed by atoms with van der Waals surface area (Å²) in [4.78, 5) is 16.8. The minimum Gasteiger partial charge on any atom is -0.303 e. The first-order chi connectivity index (χ1) is 9.72. The predicted octanol–water partition coefficient (Wildman–Crippen LogP) is 4.47.